The van der Waals surface area contributed by atoms with Gasteiger partial charge in [0.2, 0.25) is 0 Å². The summed E-state index contributed by atoms with van der Waals surface area (Å²) in [5, 5.41) is 10.4. The molecule has 0 saturated heterocycles. The van der Waals surface area contributed by atoms with Crippen LogP contribution in [0.15, 0.2) is 72.3 Å². The molecule has 0 spiro atoms. The number of aldehydes is 1. The van der Waals surface area contributed by atoms with Gasteiger partial charge < -0.3 is 4.74 Å². The minimum Gasteiger partial charge on any atom is -0.465 e. The van der Waals surface area contributed by atoms with Crippen LogP contribution in [0, 0.1) is 22.7 Å². The second-order valence-corrected chi connectivity index (χ2v) is 7.08. The Morgan fingerprint density at radius 3 is 2.18 bits per heavy atom. The number of nitriles is 1. The number of carbonyl (C=O) groups excluding carboxylic acids is 2. The highest BCUT2D eigenvalue weighted by molar-refractivity contribution is 5.89. The lowest BCUT2D eigenvalue weighted by molar-refractivity contribution is -0.155. The average molecular weight is 373 g/mol. The fourth-order valence-corrected chi connectivity index (χ4v) is 4.46. The molecule has 0 fully saturated rings. The Morgan fingerprint density at radius 2 is 1.68 bits per heavy atom. The normalized spacial score (nSPS) is 26.6. The zero-order chi connectivity index (χ0) is 20.1. The van der Waals surface area contributed by atoms with Crippen molar-refractivity contribution < 1.29 is 14.3 Å². The first-order valence-electron chi connectivity index (χ1n) is 9.45. The zero-order valence-corrected chi connectivity index (χ0v) is 16.0. The molecule has 4 heteroatoms. The Morgan fingerprint density at radius 1 is 1.11 bits per heavy atom. The number of nitrogens with zero attached hydrogens (tertiary/aromatic N) is 1. The van der Waals surface area contributed by atoms with E-state index in [4.69, 9.17) is 4.74 Å². The zero-order valence-electron chi connectivity index (χ0n) is 16.0. The van der Waals surface area contributed by atoms with Crippen LogP contribution in [0.4, 0.5) is 0 Å². The number of esters is 1. The van der Waals surface area contributed by atoms with Crippen LogP contribution in [-0.4, -0.2) is 18.9 Å². The van der Waals surface area contributed by atoms with E-state index in [1.807, 2.05) is 73.7 Å². The van der Waals surface area contributed by atoms with E-state index in [9.17, 15) is 14.9 Å². The molecule has 0 amide bonds. The number of hydrogen-bond donors (Lipinski definition) is 0. The van der Waals surface area contributed by atoms with Crippen molar-refractivity contribution in [3.63, 3.8) is 0 Å². The van der Waals surface area contributed by atoms with E-state index in [0.717, 1.165) is 17.4 Å². The fourth-order valence-electron chi connectivity index (χ4n) is 4.46. The first kappa shape index (κ1) is 19.6. The van der Waals surface area contributed by atoms with Crippen LogP contribution < -0.4 is 0 Å². The smallest absolute Gasteiger partial charge is 0.328 e. The van der Waals surface area contributed by atoms with Crippen LogP contribution in [-0.2, 0) is 14.3 Å². The van der Waals surface area contributed by atoms with Gasteiger partial charge in [-0.2, -0.15) is 5.26 Å². The maximum absolute atomic E-state index is 13.3. The molecular formula is C24H23NO3. The number of hydrogen-bond acceptors (Lipinski definition) is 4. The molecule has 4 atom stereocenters. The average Bonchev–Trinajstić information content (AvgIpc) is 2.74. The topological polar surface area (TPSA) is 67.2 Å². The second-order valence-electron chi connectivity index (χ2n) is 7.08. The minimum absolute atomic E-state index is 0.166. The van der Waals surface area contributed by atoms with Crippen LogP contribution in [0.5, 0.6) is 0 Å². The molecule has 1 aliphatic rings. The van der Waals surface area contributed by atoms with Crippen LogP contribution in [0.25, 0.3) is 0 Å². The van der Waals surface area contributed by atoms with E-state index >= 15 is 0 Å². The van der Waals surface area contributed by atoms with Gasteiger partial charge in [0.1, 0.15) is 6.29 Å². The Bertz CT molecular complexity index is 914. The quantitative estimate of drug-likeness (QED) is 0.575. The molecule has 3 rings (SSSR count). The number of rotatable bonds is 5. The van der Waals surface area contributed by atoms with E-state index in [0.29, 0.717) is 5.57 Å². The number of benzene rings is 2. The standard InChI is InChI=1S/C24H23NO3/c1-3-28-23(27)24(16-25)21(18-10-6-4-7-11-18)17(2)14-20(15-26)22(24)19-12-8-5-9-13-19/h4-15,17,21-22H,3H2,1-2H3/t17-,21-,22+,24+/m0/s1. The summed E-state index contributed by atoms with van der Waals surface area (Å²) in [4.78, 5) is 25.3. The Hall–Kier alpha value is -3.19. The highest BCUT2D eigenvalue weighted by Crippen LogP contribution is 2.57. The predicted octanol–water partition coefficient (Wildman–Crippen LogP) is 4.40. The van der Waals surface area contributed by atoms with Crippen molar-refractivity contribution in [2.24, 2.45) is 11.3 Å². The Balaban J connectivity index is 2.33. The van der Waals surface area contributed by atoms with Crippen molar-refractivity contribution in [1.82, 2.24) is 0 Å². The molecule has 28 heavy (non-hydrogen) atoms. The van der Waals surface area contributed by atoms with Crippen LogP contribution >= 0.6 is 0 Å². The summed E-state index contributed by atoms with van der Waals surface area (Å²) < 4.78 is 5.42. The van der Waals surface area contributed by atoms with E-state index in [-0.39, 0.29) is 12.5 Å². The Kier molecular flexibility index (Phi) is 5.75. The van der Waals surface area contributed by atoms with Crippen LogP contribution in [0.1, 0.15) is 36.8 Å². The first-order chi connectivity index (χ1) is 13.6. The molecule has 142 valence electrons. The van der Waals surface area contributed by atoms with Gasteiger partial charge >= 0.3 is 5.97 Å². The monoisotopic (exact) mass is 373 g/mol. The van der Waals surface area contributed by atoms with Crippen molar-refractivity contribution in [1.29, 1.82) is 5.26 Å². The summed E-state index contributed by atoms with van der Waals surface area (Å²) in [6.07, 6.45) is 2.65. The first-order valence-corrected chi connectivity index (χ1v) is 9.45. The molecule has 0 saturated carbocycles. The third-order valence-corrected chi connectivity index (χ3v) is 5.49. The van der Waals surface area contributed by atoms with Crippen molar-refractivity contribution in [2.45, 2.75) is 25.7 Å². The van der Waals surface area contributed by atoms with E-state index in [2.05, 4.69) is 6.07 Å². The number of ether oxygens (including phenoxy) is 1. The third-order valence-electron chi connectivity index (χ3n) is 5.49. The molecule has 1 aliphatic carbocycles. The molecular weight excluding hydrogens is 350 g/mol. The Labute approximate surface area is 165 Å². The maximum atomic E-state index is 13.3. The molecule has 2 aromatic carbocycles. The van der Waals surface area contributed by atoms with Gasteiger partial charge in [-0.1, -0.05) is 73.7 Å². The molecule has 2 aromatic rings. The SMILES string of the molecule is CCOC(=O)[C@]1(C#N)[C@H](c2ccccc2)[C@@H](C)C=C(C=O)[C@H]1c1ccccc1. The third kappa shape index (κ3) is 3.14. The van der Waals surface area contributed by atoms with Crippen LogP contribution in [0.2, 0.25) is 0 Å². The van der Waals surface area contributed by atoms with Gasteiger partial charge in [0, 0.05) is 11.8 Å². The summed E-state index contributed by atoms with van der Waals surface area (Å²) in [5.41, 5.74) is 0.541. The van der Waals surface area contributed by atoms with E-state index < -0.39 is 23.2 Å². The van der Waals surface area contributed by atoms with E-state index in [1.54, 1.807) is 6.92 Å². The lowest BCUT2D eigenvalue weighted by atomic mass is 9.54. The lowest BCUT2D eigenvalue weighted by Gasteiger charge is -2.45. The van der Waals surface area contributed by atoms with E-state index in [1.165, 1.54) is 0 Å². The molecule has 0 N–H and O–H groups in total. The molecule has 0 heterocycles. The fraction of sp³-hybridized carbons (Fsp3) is 0.292. The van der Waals surface area contributed by atoms with Gasteiger partial charge in [0.05, 0.1) is 12.7 Å². The van der Waals surface area contributed by atoms with Gasteiger partial charge in [-0.05, 0) is 29.5 Å². The van der Waals surface area contributed by atoms with Gasteiger partial charge in [-0.25, -0.2) is 0 Å². The summed E-state index contributed by atoms with van der Waals surface area (Å²) in [5.74, 6) is -1.91. The maximum Gasteiger partial charge on any atom is 0.328 e. The molecule has 0 aromatic heterocycles. The van der Waals surface area contributed by atoms with Crippen molar-refractivity contribution >= 4 is 12.3 Å². The number of carbonyl (C=O) groups is 2. The lowest BCUT2D eigenvalue weighted by Crippen LogP contribution is -2.48. The van der Waals surface area contributed by atoms with Crippen molar-refractivity contribution in [3.8, 4) is 6.07 Å². The highest BCUT2D eigenvalue weighted by atomic mass is 16.5. The second kappa shape index (κ2) is 8.22. The molecule has 0 bridgehead atoms. The summed E-state index contributed by atoms with van der Waals surface area (Å²) in [7, 11) is 0. The summed E-state index contributed by atoms with van der Waals surface area (Å²) >= 11 is 0. The molecule has 0 aliphatic heterocycles. The van der Waals surface area contributed by atoms with Crippen LogP contribution in [0.3, 0.4) is 0 Å². The minimum atomic E-state index is -1.54. The highest BCUT2D eigenvalue weighted by Gasteiger charge is 2.59. The summed E-state index contributed by atoms with van der Waals surface area (Å²) in [6.45, 7) is 3.83. The molecule has 4 nitrogen and oxygen atoms in total. The molecule has 0 radical (unpaired) electrons. The largest absolute Gasteiger partial charge is 0.465 e. The number of allylic oxidation sites excluding steroid dienone is 2. The van der Waals surface area contributed by atoms with Gasteiger partial charge in [0.25, 0.3) is 0 Å². The van der Waals surface area contributed by atoms with Gasteiger partial charge in [0.15, 0.2) is 5.41 Å². The molecule has 0 unspecified atom stereocenters. The van der Waals surface area contributed by atoms with Gasteiger partial charge in [-0.15, -0.1) is 0 Å². The van der Waals surface area contributed by atoms with Crippen molar-refractivity contribution in [2.75, 3.05) is 6.61 Å². The predicted molar refractivity (Wildman–Crippen MR) is 106 cm³/mol. The van der Waals surface area contributed by atoms with Crippen molar-refractivity contribution in [3.05, 3.63) is 83.4 Å². The summed E-state index contributed by atoms with van der Waals surface area (Å²) in [6, 6.07) is 21.1. The van der Waals surface area contributed by atoms with Gasteiger partial charge in [-0.3, -0.25) is 9.59 Å².